The summed E-state index contributed by atoms with van der Waals surface area (Å²) in [6.45, 7) is 3.94. The topological polar surface area (TPSA) is 55.6 Å². The average molecular weight is 355 g/mol. The van der Waals surface area contributed by atoms with Gasteiger partial charge in [0.2, 0.25) is 5.91 Å². The number of ether oxygens (including phenoxy) is 1. The number of nitrogens with two attached hydrogens (primary N) is 1. The summed E-state index contributed by atoms with van der Waals surface area (Å²) < 4.78 is 19.0. The fourth-order valence-electron chi connectivity index (χ4n) is 3.37. The van der Waals surface area contributed by atoms with E-state index in [2.05, 4.69) is 11.3 Å². The number of halogens is 1. The summed E-state index contributed by atoms with van der Waals surface area (Å²) in [7, 11) is 0. The van der Waals surface area contributed by atoms with Crippen LogP contribution in [-0.2, 0) is 11.3 Å². The minimum Gasteiger partial charge on any atom is -0.493 e. The third-order valence-electron chi connectivity index (χ3n) is 4.67. The third kappa shape index (κ3) is 4.22. The van der Waals surface area contributed by atoms with Crippen molar-refractivity contribution in [1.29, 1.82) is 0 Å². The molecule has 2 aromatic rings. The van der Waals surface area contributed by atoms with E-state index in [0.29, 0.717) is 19.6 Å². The molecule has 1 saturated heterocycles. The second-order valence-electron chi connectivity index (χ2n) is 6.47. The molecule has 0 spiro atoms. The number of hydrogen-bond acceptors (Lipinski definition) is 3. The highest BCUT2D eigenvalue weighted by Gasteiger charge is 2.27. The fourth-order valence-corrected chi connectivity index (χ4v) is 3.37. The highest BCUT2D eigenvalue weighted by molar-refractivity contribution is 5.80. The quantitative estimate of drug-likeness (QED) is 0.862. The second kappa shape index (κ2) is 8.32. The van der Waals surface area contributed by atoms with Crippen LogP contribution < -0.4 is 10.5 Å². The molecule has 1 amide bonds. The van der Waals surface area contributed by atoms with Crippen molar-refractivity contribution in [2.75, 3.05) is 13.2 Å². The molecule has 1 radical (unpaired) electrons. The van der Waals surface area contributed by atoms with Crippen LogP contribution in [0.15, 0.2) is 42.5 Å². The van der Waals surface area contributed by atoms with Crippen LogP contribution in [0.3, 0.4) is 0 Å². The zero-order chi connectivity index (χ0) is 18.5. The van der Waals surface area contributed by atoms with Gasteiger partial charge in [0.15, 0.2) is 0 Å². The Kier molecular flexibility index (Phi) is 5.89. The lowest BCUT2D eigenvalue weighted by atomic mass is 9.99. The Hall–Kier alpha value is -2.40. The molecule has 2 aromatic carbocycles. The largest absolute Gasteiger partial charge is 0.493 e. The summed E-state index contributed by atoms with van der Waals surface area (Å²) in [5.41, 5.74) is 8.44. The summed E-state index contributed by atoms with van der Waals surface area (Å²) in [5.74, 6) is 0.215. The molecule has 2 N–H and O–H groups in total. The van der Waals surface area contributed by atoms with E-state index in [0.717, 1.165) is 35.4 Å². The normalized spacial score (nSPS) is 17.8. The van der Waals surface area contributed by atoms with Crippen molar-refractivity contribution in [3.8, 4) is 16.9 Å². The Morgan fingerprint density at radius 1 is 1.27 bits per heavy atom. The number of hydrogen-bond donors (Lipinski definition) is 1. The Morgan fingerprint density at radius 2 is 2.04 bits per heavy atom. The number of carbonyl (C=O) groups excluding carboxylic acids is 1. The van der Waals surface area contributed by atoms with Crippen molar-refractivity contribution < 1.29 is 13.9 Å². The summed E-state index contributed by atoms with van der Waals surface area (Å²) in [5, 5.41) is 0. The zero-order valence-electron chi connectivity index (χ0n) is 15.0. The number of benzene rings is 2. The molecule has 137 valence electrons. The van der Waals surface area contributed by atoms with Gasteiger partial charge in [-0.15, -0.1) is 0 Å². The molecule has 0 bridgehead atoms. The van der Waals surface area contributed by atoms with Gasteiger partial charge in [0, 0.05) is 12.1 Å². The Morgan fingerprint density at radius 3 is 2.73 bits per heavy atom. The van der Waals surface area contributed by atoms with Crippen LogP contribution >= 0.6 is 0 Å². The van der Waals surface area contributed by atoms with Gasteiger partial charge < -0.3 is 10.5 Å². The zero-order valence-corrected chi connectivity index (χ0v) is 15.0. The Labute approximate surface area is 153 Å². The van der Waals surface area contributed by atoms with Gasteiger partial charge in [-0.25, -0.2) is 4.39 Å². The molecule has 26 heavy (non-hydrogen) atoms. The predicted molar refractivity (Wildman–Crippen MR) is 99.9 cm³/mol. The molecule has 1 atom stereocenters. The van der Waals surface area contributed by atoms with Crippen LogP contribution in [-0.4, -0.2) is 30.0 Å². The SMILES string of the molecule is CCOc1cc(CN2CC[CH]CC2C(N)=O)ccc1-c1ccc(F)cc1. The van der Waals surface area contributed by atoms with Crippen molar-refractivity contribution in [3.63, 3.8) is 0 Å². The maximum absolute atomic E-state index is 13.2. The fraction of sp³-hybridized carbons (Fsp3) is 0.333. The molecule has 1 fully saturated rings. The molecule has 0 saturated carbocycles. The van der Waals surface area contributed by atoms with Crippen LogP contribution in [0.4, 0.5) is 4.39 Å². The molecular weight excluding hydrogens is 331 g/mol. The predicted octanol–water partition coefficient (Wildman–Crippen LogP) is 3.55. The number of likely N-dealkylation sites (tertiary alicyclic amines) is 1. The van der Waals surface area contributed by atoms with Crippen molar-refractivity contribution in [2.24, 2.45) is 5.73 Å². The van der Waals surface area contributed by atoms with Crippen LogP contribution in [0.5, 0.6) is 5.75 Å². The van der Waals surface area contributed by atoms with Crippen molar-refractivity contribution in [2.45, 2.75) is 32.4 Å². The number of nitrogens with zero attached hydrogens (tertiary/aromatic N) is 1. The average Bonchev–Trinajstić information content (AvgIpc) is 2.63. The highest BCUT2D eigenvalue weighted by Crippen LogP contribution is 2.32. The smallest absolute Gasteiger partial charge is 0.234 e. The maximum atomic E-state index is 13.2. The molecule has 1 aliphatic rings. The number of rotatable bonds is 6. The van der Waals surface area contributed by atoms with Crippen LogP contribution in [0, 0.1) is 12.2 Å². The molecule has 3 rings (SSSR count). The van der Waals surface area contributed by atoms with E-state index in [4.69, 9.17) is 10.5 Å². The molecule has 1 unspecified atom stereocenters. The lowest BCUT2D eigenvalue weighted by Crippen LogP contribution is -2.47. The van der Waals surface area contributed by atoms with Crippen LogP contribution in [0.1, 0.15) is 25.3 Å². The molecular formula is C21H24FN2O2. The van der Waals surface area contributed by atoms with Crippen molar-refractivity contribution in [1.82, 2.24) is 4.90 Å². The van der Waals surface area contributed by atoms with Gasteiger partial charge in [0.1, 0.15) is 11.6 Å². The monoisotopic (exact) mass is 355 g/mol. The maximum Gasteiger partial charge on any atom is 0.234 e. The lowest BCUT2D eigenvalue weighted by molar-refractivity contribution is -0.124. The first-order valence-corrected chi connectivity index (χ1v) is 8.95. The number of carbonyl (C=O) groups is 1. The van der Waals surface area contributed by atoms with Gasteiger partial charge in [-0.3, -0.25) is 9.69 Å². The number of amides is 1. The summed E-state index contributed by atoms with van der Waals surface area (Å²) in [4.78, 5) is 13.8. The van der Waals surface area contributed by atoms with Gasteiger partial charge in [-0.1, -0.05) is 24.3 Å². The summed E-state index contributed by atoms with van der Waals surface area (Å²) in [6.07, 6.45) is 3.77. The minimum atomic E-state index is -0.283. The molecule has 4 nitrogen and oxygen atoms in total. The van der Waals surface area contributed by atoms with Gasteiger partial charge in [0.05, 0.1) is 12.6 Å². The first kappa shape index (κ1) is 18.4. The molecule has 0 aliphatic carbocycles. The molecule has 1 heterocycles. The van der Waals surface area contributed by atoms with E-state index in [1.807, 2.05) is 25.1 Å². The van der Waals surface area contributed by atoms with E-state index in [1.54, 1.807) is 12.1 Å². The first-order chi connectivity index (χ1) is 12.6. The Bertz CT molecular complexity index is 761. The highest BCUT2D eigenvalue weighted by atomic mass is 19.1. The lowest BCUT2D eigenvalue weighted by Gasteiger charge is -2.33. The standard InChI is InChI=1S/C21H24FN2O2/c1-2-26-20-13-15(14-24-12-4-3-5-19(24)21(23)25)6-11-18(20)16-7-9-17(22)10-8-16/h3,6-11,13,19H,2,4-5,12,14H2,1H3,(H2,23,25). The molecule has 5 heteroatoms. The Balaban J connectivity index is 1.86. The number of piperidine rings is 1. The number of primary amides is 1. The van der Waals surface area contributed by atoms with Crippen molar-refractivity contribution >= 4 is 5.91 Å². The third-order valence-corrected chi connectivity index (χ3v) is 4.67. The van der Waals surface area contributed by atoms with Crippen LogP contribution in [0.2, 0.25) is 0 Å². The van der Waals surface area contributed by atoms with Gasteiger partial charge in [0.25, 0.3) is 0 Å². The summed E-state index contributed by atoms with van der Waals surface area (Å²) >= 11 is 0. The van der Waals surface area contributed by atoms with E-state index in [-0.39, 0.29) is 17.8 Å². The summed E-state index contributed by atoms with van der Waals surface area (Å²) in [6, 6.07) is 12.1. The van der Waals surface area contributed by atoms with E-state index in [9.17, 15) is 9.18 Å². The van der Waals surface area contributed by atoms with Gasteiger partial charge >= 0.3 is 0 Å². The van der Waals surface area contributed by atoms with E-state index < -0.39 is 0 Å². The second-order valence-corrected chi connectivity index (χ2v) is 6.47. The van der Waals surface area contributed by atoms with Gasteiger partial charge in [-0.2, -0.15) is 0 Å². The van der Waals surface area contributed by atoms with Crippen LogP contribution in [0.25, 0.3) is 11.1 Å². The van der Waals surface area contributed by atoms with Crippen molar-refractivity contribution in [3.05, 3.63) is 60.3 Å². The minimum absolute atomic E-state index is 0.254. The van der Waals surface area contributed by atoms with E-state index >= 15 is 0 Å². The molecule has 0 aromatic heterocycles. The van der Waals surface area contributed by atoms with Gasteiger partial charge in [-0.05, 0) is 62.1 Å². The van der Waals surface area contributed by atoms with E-state index in [1.165, 1.54) is 12.1 Å². The first-order valence-electron chi connectivity index (χ1n) is 8.95. The molecule has 1 aliphatic heterocycles.